The van der Waals surface area contributed by atoms with Crippen molar-refractivity contribution < 1.29 is 42.9 Å². The zero-order valence-electron chi connectivity index (χ0n) is 33.5. The molecule has 0 N–H and O–H groups in total. The Labute approximate surface area is 321 Å². The second kappa shape index (κ2) is 18.2. The first kappa shape index (κ1) is 42.0. The van der Waals surface area contributed by atoms with Crippen LogP contribution in [0.4, 0.5) is 5.69 Å². The Morgan fingerprint density at radius 1 is 0.907 bits per heavy atom. The van der Waals surface area contributed by atoms with Gasteiger partial charge in [-0.1, -0.05) is 47.3 Å². The van der Waals surface area contributed by atoms with Crippen LogP contribution in [0.3, 0.4) is 0 Å². The summed E-state index contributed by atoms with van der Waals surface area (Å²) in [5.74, 6) is -0.338. The summed E-state index contributed by atoms with van der Waals surface area (Å²) in [6, 6.07) is 5.48. The van der Waals surface area contributed by atoms with Crippen molar-refractivity contribution in [1.29, 1.82) is 0 Å². The first-order valence-corrected chi connectivity index (χ1v) is 20.2. The average molecular weight is 754 g/mol. The lowest BCUT2D eigenvalue weighted by molar-refractivity contribution is -0.384. The monoisotopic (exact) mass is 753 g/mol. The maximum atomic E-state index is 13.5. The number of ether oxygens (including phenoxy) is 6. The molecule has 0 aliphatic carbocycles. The SMILES string of the molecule is C=C1C[C@H](CCCOC(=O)C(C)(C)C)OC1CC[C@H]1C[C@@H](C)C(=C)C(C[C@@H]2O[C@H]3C[C@@H](C)[C@@H](CCC)O[C@H]3[C@H](C)[C@H]2OC(=O)c2ccc([N+](=O)[O-])cc2)O1. The number of esters is 2. The molecule has 5 rings (SSSR count). The Hall–Kier alpha value is -3.12. The molecule has 4 aliphatic heterocycles. The number of fused-ring (bicyclic) bond motifs is 1. The number of nitrogens with zero attached hydrogens (tertiary/aromatic N) is 1. The minimum absolute atomic E-state index is 0.00882. The minimum atomic E-state index is -0.624. The Bertz CT molecular complexity index is 1490. The summed E-state index contributed by atoms with van der Waals surface area (Å²) in [5.41, 5.74) is 1.74. The van der Waals surface area contributed by atoms with Crippen LogP contribution in [0, 0.1) is 33.3 Å². The third kappa shape index (κ3) is 10.4. The van der Waals surface area contributed by atoms with Crippen LogP contribution in [0.15, 0.2) is 48.6 Å². The van der Waals surface area contributed by atoms with Crippen LogP contribution in [0.2, 0.25) is 0 Å². The highest BCUT2D eigenvalue weighted by molar-refractivity contribution is 5.89. The molecule has 0 bridgehead atoms. The molecule has 11 nitrogen and oxygen atoms in total. The molecule has 12 atom stereocenters. The lowest BCUT2D eigenvalue weighted by Crippen LogP contribution is -2.60. The van der Waals surface area contributed by atoms with Crippen LogP contribution in [0.5, 0.6) is 0 Å². The van der Waals surface area contributed by atoms with Crippen LogP contribution in [0.25, 0.3) is 0 Å². The van der Waals surface area contributed by atoms with E-state index in [4.69, 9.17) is 28.4 Å². The molecule has 1 aromatic carbocycles. The quantitative estimate of drug-likeness (QED) is 0.0597. The highest BCUT2D eigenvalue weighted by Gasteiger charge is 2.51. The maximum absolute atomic E-state index is 13.5. The predicted octanol–water partition coefficient (Wildman–Crippen LogP) is 8.72. The second-order valence-corrected chi connectivity index (χ2v) is 17.3. The van der Waals surface area contributed by atoms with E-state index in [0.29, 0.717) is 18.9 Å². The van der Waals surface area contributed by atoms with Crippen LogP contribution < -0.4 is 0 Å². The van der Waals surface area contributed by atoms with E-state index in [-0.39, 0.29) is 71.8 Å². The number of non-ortho nitro benzene ring substituents is 1. The average Bonchev–Trinajstić information content (AvgIpc) is 3.48. The van der Waals surface area contributed by atoms with Crippen LogP contribution >= 0.6 is 0 Å². The van der Waals surface area contributed by atoms with E-state index in [1.807, 2.05) is 20.8 Å². The third-order valence-corrected chi connectivity index (χ3v) is 11.9. The molecule has 0 saturated carbocycles. The normalized spacial score (nSPS) is 34.3. The largest absolute Gasteiger partial charge is 0.465 e. The summed E-state index contributed by atoms with van der Waals surface area (Å²) in [6.07, 6.45) is 6.52. The number of nitro benzene ring substituents is 1. The fraction of sp³-hybridized carbons (Fsp3) is 0.721. The molecule has 4 fully saturated rings. The fourth-order valence-corrected chi connectivity index (χ4v) is 8.53. The number of hydrogen-bond acceptors (Lipinski definition) is 10. The minimum Gasteiger partial charge on any atom is -0.465 e. The van der Waals surface area contributed by atoms with Gasteiger partial charge < -0.3 is 28.4 Å². The molecule has 300 valence electrons. The summed E-state index contributed by atoms with van der Waals surface area (Å²) >= 11 is 0. The molecule has 1 aromatic rings. The topological polar surface area (TPSA) is 133 Å². The Kier molecular flexibility index (Phi) is 14.2. The summed E-state index contributed by atoms with van der Waals surface area (Å²) < 4.78 is 38.4. The molecule has 4 aliphatic rings. The Balaban J connectivity index is 1.22. The number of nitro groups is 1. The molecule has 0 amide bonds. The molecule has 11 heteroatoms. The van der Waals surface area contributed by atoms with Crippen molar-refractivity contribution in [3.8, 4) is 0 Å². The van der Waals surface area contributed by atoms with Gasteiger partial charge in [-0.3, -0.25) is 14.9 Å². The van der Waals surface area contributed by atoms with Gasteiger partial charge in [-0.15, -0.1) is 0 Å². The zero-order chi connectivity index (χ0) is 39.3. The van der Waals surface area contributed by atoms with Gasteiger partial charge in [0, 0.05) is 24.5 Å². The maximum Gasteiger partial charge on any atom is 0.338 e. The first-order valence-electron chi connectivity index (χ1n) is 20.2. The Morgan fingerprint density at radius 2 is 1.61 bits per heavy atom. The number of rotatable bonds is 14. The van der Waals surface area contributed by atoms with E-state index in [1.165, 1.54) is 24.3 Å². The number of benzene rings is 1. The van der Waals surface area contributed by atoms with E-state index in [9.17, 15) is 19.7 Å². The zero-order valence-corrected chi connectivity index (χ0v) is 33.5. The van der Waals surface area contributed by atoms with Crippen molar-refractivity contribution in [3.05, 3.63) is 64.2 Å². The van der Waals surface area contributed by atoms with Crippen molar-refractivity contribution in [2.75, 3.05) is 6.61 Å². The summed E-state index contributed by atoms with van der Waals surface area (Å²) in [4.78, 5) is 36.4. The van der Waals surface area contributed by atoms with Gasteiger partial charge >= 0.3 is 11.9 Å². The van der Waals surface area contributed by atoms with Crippen molar-refractivity contribution >= 4 is 17.6 Å². The van der Waals surface area contributed by atoms with Crippen LogP contribution in [-0.2, 0) is 33.2 Å². The number of carbonyl (C=O) groups excluding carboxylic acids is 2. The van der Waals surface area contributed by atoms with Crippen molar-refractivity contribution in [1.82, 2.24) is 0 Å². The van der Waals surface area contributed by atoms with E-state index in [1.54, 1.807) is 0 Å². The standard InChI is InChI=1S/C43H63NO10/c1-10-12-34-27(4)23-37-39(53-34)29(6)40(54-41(45)30-14-16-31(17-15-30)44(47)48)38(52-37)24-36-28(5)25(2)21-33(51-36)18-19-35-26(3)22-32(50-35)13-11-20-49-42(46)43(7,8)9/h14-17,25,27,29,32-40H,3,5,10-13,18-24H2,1-2,4,6-9H3/t25-,27-,29+,32+,33+,34-,35?,36?,37+,38+,39+,40-/m1/s1. The van der Waals surface area contributed by atoms with Gasteiger partial charge in [0.2, 0.25) is 0 Å². The van der Waals surface area contributed by atoms with E-state index in [2.05, 4.69) is 40.9 Å². The predicted molar refractivity (Wildman–Crippen MR) is 205 cm³/mol. The highest BCUT2D eigenvalue weighted by Crippen LogP contribution is 2.43. The van der Waals surface area contributed by atoms with Gasteiger partial charge in [-0.05, 0) is 107 Å². The van der Waals surface area contributed by atoms with Gasteiger partial charge in [0.25, 0.3) is 5.69 Å². The smallest absolute Gasteiger partial charge is 0.338 e. The molecule has 0 spiro atoms. The molecule has 54 heavy (non-hydrogen) atoms. The molecule has 4 saturated heterocycles. The second-order valence-electron chi connectivity index (χ2n) is 17.3. The lowest BCUT2D eigenvalue weighted by atomic mass is 9.78. The van der Waals surface area contributed by atoms with Gasteiger partial charge in [0.05, 0.1) is 71.3 Å². The van der Waals surface area contributed by atoms with Gasteiger partial charge in [-0.25, -0.2) is 4.79 Å². The summed E-state index contributed by atoms with van der Waals surface area (Å²) in [6.45, 7) is 23.4. The lowest BCUT2D eigenvalue weighted by Gasteiger charge is -2.51. The number of hydrogen-bond donors (Lipinski definition) is 0. The molecular weight excluding hydrogens is 690 g/mol. The number of carbonyl (C=O) groups is 2. The van der Waals surface area contributed by atoms with Gasteiger partial charge in [0.1, 0.15) is 6.10 Å². The third-order valence-electron chi connectivity index (χ3n) is 11.9. The van der Waals surface area contributed by atoms with Gasteiger partial charge in [0.15, 0.2) is 0 Å². The summed E-state index contributed by atoms with van der Waals surface area (Å²) in [5, 5.41) is 11.2. The van der Waals surface area contributed by atoms with E-state index in [0.717, 1.165) is 68.9 Å². The van der Waals surface area contributed by atoms with Gasteiger partial charge in [-0.2, -0.15) is 0 Å². The molecular formula is C43H63NO10. The van der Waals surface area contributed by atoms with Crippen molar-refractivity contribution in [3.63, 3.8) is 0 Å². The Morgan fingerprint density at radius 3 is 2.28 bits per heavy atom. The van der Waals surface area contributed by atoms with E-state index < -0.39 is 28.5 Å². The summed E-state index contributed by atoms with van der Waals surface area (Å²) in [7, 11) is 0. The van der Waals surface area contributed by atoms with Crippen LogP contribution in [0.1, 0.15) is 123 Å². The highest BCUT2D eigenvalue weighted by atomic mass is 16.6. The van der Waals surface area contributed by atoms with E-state index >= 15 is 0 Å². The van der Waals surface area contributed by atoms with Crippen LogP contribution in [-0.4, -0.2) is 78.4 Å². The first-order chi connectivity index (χ1) is 25.5. The molecule has 2 unspecified atom stereocenters. The molecule has 0 radical (unpaired) electrons. The molecule has 0 aromatic heterocycles. The fourth-order valence-electron chi connectivity index (χ4n) is 8.53. The molecule has 4 heterocycles. The van der Waals surface area contributed by atoms with Crippen molar-refractivity contribution in [2.45, 2.75) is 168 Å². The van der Waals surface area contributed by atoms with Crippen molar-refractivity contribution in [2.24, 2.45) is 23.2 Å².